The highest BCUT2D eigenvalue weighted by molar-refractivity contribution is 6.63. The van der Waals surface area contributed by atoms with Crippen LogP contribution in [0.15, 0.2) is 42.5 Å². The van der Waals surface area contributed by atoms with Crippen molar-refractivity contribution in [3.63, 3.8) is 0 Å². The van der Waals surface area contributed by atoms with Crippen LogP contribution >= 0.6 is 11.6 Å². The number of benzene rings is 2. The van der Waals surface area contributed by atoms with E-state index in [0.717, 1.165) is 11.1 Å². The van der Waals surface area contributed by atoms with Crippen LogP contribution in [0.4, 0.5) is 0 Å². The fourth-order valence-electron chi connectivity index (χ4n) is 2.50. The van der Waals surface area contributed by atoms with Crippen LogP contribution in [0.1, 0.15) is 17.2 Å². The molecule has 0 saturated heterocycles. The summed E-state index contributed by atoms with van der Waals surface area (Å²) in [5, 5.41) is 10.6. The highest BCUT2D eigenvalue weighted by Crippen LogP contribution is 2.33. The lowest BCUT2D eigenvalue weighted by molar-refractivity contribution is 0.198. The highest BCUT2D eigenvalue weighted by Gasteiger charge is 2.39. The van der Waals surface area contributed by atoms with Gasteiger partial charge in [0, 0.05) is 22.6 Å². The highest BCUT2D eigenvalue weighted by atomic mass is 35.5. The predicted molar refractivity (Wildman–Crippen MR) is 82.7 cm³/mol. The fraction of sp³-hybridized carbons (Fsp3) is 0.200. The molecule has 3 rings (SSSR count). The number of rotatable bonds is 4. The number of fused-ring (bicyclic) bond motifs is 1. The first kappa shape index (κ1) is 14.4. The molecule has 21 heavy (non-hydrogen) atoms. The second-order valence-corrected chi connectivity index (χ2v) is 5.27. The Morgan fingerprint density at radius 3 is 2.71 bits per heavy atom. The second-order valence-electron chi connectivity index (χ2n) is 4.86. The van der Waals surface area contributed by atoms with E-state index in [0.29, 0.717) is 22.8 Å². The third-order valence-electron chi connectivity index (χ3n) is 3.51. The minimum atomic E-state index is -1.06. The molecule has 0 aliphatic carbocycles. The first-order valence-corrected chi connectivity index (χ1v) is 7.11. The average Bonchev–Trinajstić information content (AvgIpc) is 2.86. The van der Waals surface area contributed by atoms with Crippen molar-refractivity contribution in [1.82, 2.24) is 0 Å². The average molecular weight is 304 g/mol. The molecule has 0 radical (unpaired) electrons. The van der Waals surface area contributed by atoms with Crippen molar-refractivity contribution >= 4 is 24.2 Å². The lowest BCUT2D eigenvalue weighted by atomic mass is 9.78. The minimum absolute atomic E-state index is 0.256. The summed E-state index contributed by atoms with van der Waals surface area (Å²) in [5.41, 5.74) is 8.00. The van der Waals surface area contributed by atoms with Crippen LogP contribution < -0.4 is 15.9 Å². The molecule has 3 N–H and O–H groups in total. The zero-order valence-electron chi connectivity index (χ0n) is 11.3. The number of halogens is 1. The molecule has 0 saturated carbocycles. The van der Waals surface area contributed by atoms with E-state index in [4.69, 9.17) is 26.7 Å². The summed E-state index contributed by atoms with van der Waals surface area (Å²) in [6, 6.07) is 13.3. The van der Waals surface area contributed by atoms with E-state index < -0.39 is 13.2 Å². The summed E-state index contributed by atoms with van der Waals surface area (Å²) in [6.07, 6.45) is -0.400. The molecule has 0 fully saturated rings. The van der Waals surface area contributed by atoms with Crippen molar-refractivity contribution in [1.29, 1.82) is 0 Å². The normalized spacial score (nSPS) is 16.9. The maximum Gasteiger partial charge on any atom is 0.495 e. The molecule has 1 heterocycles. The first-order valence-electron chi connectivity index (χ1n) is 6.73. The summed E-state index contributed by atoms with van der Waals surface area (Å²) in [4.78, 5) is 0. The molecule has 0 amide bonds. The van der Waals surface area contributed by atoms with Crippen LogP contribution in [0, 0.1) is 0 Å². The van der Waals surface area contributed by atoms with E-state index in [1.807, 2.05) is 30.3 Å². The van der Waals surface area contributed by atoms with E-state index in [-0.39, 0.29) is 6.54 Å². The van der Waals surface area contributed by atoms with Crippen LogP contribution in [0.5, 0.6) is 5.75 Å². The van der Waals surface area contributed by atoms with Gasteiger partial charge in [-0.25, -0.2) is 0 Å². The number of hydrogen-bond donors (Lipinski definition) is 2. The Morgan fingerprint density at radius 1 is 1.24 bits per heavy atom. The van der Waals surface area contributed by atoms with E-state index in [1.54, 1.807) is 12.1 Å². The lowest BCUT2D eigenvalue weighted by Gasteiger charge is -2.13. The topological polar surface area (TPSA) is 64.7 Å². The quantitative estimate of drug-likeness (QED) is 0.843. The number of hydrogen-bond acceptors (Lipinski definition) is 4. The van der Waals surface area contributed by atoms with Crippen molar-refractivity contribution in [3.8, 4) is 5.75 Å². The van der Waals surface area contributed by atoms with Gasteiger partial charge >= 0.3 is 7.12 Å². The summed E-state index contributed by atoms with van der Waals surface area (Å²) in [5.74, 6) is 0.571. The van der Waals surface area contributed by atoms with Gasteiger partial charge in [-0.15, -0.1) is 0 Å². The largest absolute Gasteiger partial charge is 0.495 e. The van der Waals surface area contributed by atoms with Crippen LogP contribution in [0.25, 0.3) is 0 Å². The van der Waals surface area contributed by atoms with Gasteiger partial charge in [-0.05, 0) is 17.7 Å². The Bertz CT molecular complexity index is 638. The molecular weight excluding hydrogens is 288 g/mol. The summed E-state index contributed by atoms with van der Waals surface area (Å²) in [6.45, 7) is 0.668. The molecule has 1 aliphatic rings. The Kier molecular flexibility index (Phi) is 4.17. The Morgan fingerprint density at radius 2 is 2.00 bits per heavy atom. The zero-order chi connectivity index (χ0) is 14.8. The maximum atomic E-state index is 10.1. The Balaban J connectivity index is 1.89. The second kappa shape index (κ2) is 6.07. The van der Waals surface area contributed by atoms with Crippen LogP contribution in [0.3, 0.4) is 0 Å². The minimum Gasteiger partial charge on any atom is -0.489 e. The van der Waals surface area contributed by atoms with Crippen LogP contribution in [0.2, 0.25) is 5.02 Å². The first-order chi connectivity index (χ1) is 10.2. The zero-order valence-corrected chi connectivity index (χ0v) is 12.1. The number of nitrogens with two attached hydrogens (primary N) is 1. The molecule has 6 heteroatoms. The summed E-state index contributed by atoms with van der Waals surface area (Å²) >= 11 is 6.20. The van der Waals surface area contributed by atoms with Gasteiger partial charge in [0.2, 0.25) is 0 Å². The van der Waals surface area contributed by atoms with Crippen molar-refractivity contribution in [3.05, 3.63) is 58.6 Å². The van der Waals surface area contributed by atoms with Gasteiger partial charge in [0.1, 0.15) is 12.4 Å². The third kappa shape index (κ3) is 2.78. The molecular formula is C15H15BClNO3. The molecule has 1 atom stereocenters. The predicted octanol–water partition coefficient (Wildman–Crippen LogP) is 1.64. The van der Waals surface area contributed by atoms with Crippen molar-refractivity contribution < 1.29 is 14.4 Å². The monoisotopic (exact) mass is 303 g/mol. The molecule has 4 nitrogen and oxygen atoms in total. The smallest absolute Gasteiger partial charge is 0.489 e. The SMILES string of the molecule is NCC1OB(O)c2c(OCc3ccccc3)ccc(Cl)c21. The standard InChI is InChI=1S/C15H15BClNO3/c17-11-6-7-12(20-9-10-4-2-1-3-5-10)15-14(11)13(8-18)21-16(15)19/h1-7,13,19H,8-9,18H2. The lowest BCUT2D eigenvalue weighted by Crippen LogP contribution is -2.30. The van der Waals surface area contributed by atoms with Crippen molar-refractivity contribution in [2.75, 3.05) is 6.54 Å². The maximum absolute atomic E-state index is 10.1. The molecule has 0 spiro atoms. The summed E-state index contributed by atoms with van der Waals surface area (Å²) in [7, 11) is -1.06. The number of ether oxygens (including phenoxy) is 1. The van der Waals surface area contributed by atoms with Gasteiger partial charge in [0.15, 0.2) is 0 Å². The summed E-state index contributed by atoms with van der Waals surface area (Å²) < 4.78 is 11.2. The van der Waals surface area contributed by atoms with Gasteiger partial charge < -0.3 is 20.1 Å². The van der Waals surface area contributed by atoms with E-state index >= 15 is 0 Å². The van der Waals surface area contributed by atoms with Crippen molar-refractivity contribution in [2.24, 2.45) is 5.73 Å². The van der Waals surface area contributed by atoms with Gasteiger partial charge in [-0.3, -0.25) is 0 Å². The van der Waals surface area contributed by atoms with E-state index in [2.05, 4.69) is 0 Å². The van der Waals surface area contributed by atoms with Crippen LogP contribution in [-0.4, -0.2) is 18.7 Å². The molecule has 0 aromatic heterocycles. The fourth-order valence-corrected chi connectivity index (χ4v) is 2.78. The van der Waals surface area contributed by atoms with Crippen LogP contribution in [-0.2, 0) is 11.3 Å². The van der Waals surface area contributed by atoms with E-state index in [9.17, 15) is 5.02 Å². The molecule has 2 aromatic rings. The Labute approximate surface area is 128 Å². The van der Waals surface area contributed by atoms with Gasteiger partial charge in [-0.1, -0.05) is 41.9 Å². The van der Waals surface area contributed by atoms with Gasteiger partial charge in [0.05, 0.1) is 6.10 Å². The molecule has 0 bridgehead atoms. The van der Waals surface area contributed by atoms with E-state index in [1.165, 1.54) is 0 Å². The van der Waals surface area contributed by atoms with Gasteiger partial charge in [0.25, 0.3) is 0 Å². The van der Waals surface area contributed by atoms with Crippen molar-refractivity contribution in [2.45, 2.75) is 12.7 Å². The molecule has 1 aliphatic heterocycles. The third-order valence-corrected chi connectivity index (χ3v) is 3.84. The molecule has 2 aromatic carbocycles. The molecule has 1 unspecified atom stereocenters. The Hall–Kier alpha value is -1.53. The van der Waals surface area contributed by atoms with Gasteiger partial charge in [-0.2, -0.15) is 0 Å². The molecule has 108 valence electrons.